The van der Waals surface area contributed by atoms with Crippen LogP contribution in [0.4, 0.5) is 4.79 Å². The SMILES string of the molecule is COC(=O)N(C)CC(O)c1cccs1. The molecule has 0 aliphatic heterocycles. The van der Waals surface area contributed by atoms with Crippen molar-refractivity contribution in [2.24, 2.45) is 0 Å². The van der Waals surface area contributed by atoms with Gasteiger partial charge < -0.3 is 14.7 Å². The normalized spacial score (nSPS) is 12.2. The lowest BCUT2D eigenvalue weighted by atomic mass is 10.3. The summed E-state index contributed by atoms with van der Waals surface area (Å²) < 4.78 is 4.51. The molecule has 1 aromatic heterocycles. The van der Waals surface area contributed by atoms with Crippen LogP contribution in [-0.4, -0.2) is 36.8 Å². The second-order valence-corrected chi connectivity index (χ2v) is 3.86. The summed E-state index contributed by atoms with van der Waals surface area (Å²) in [5.74, 6) is 0. The summed E-state index contributed by atoms with van der Waals surface area (Å²) in [6, 6.07) is 3.70. The molecule has 0 bridgehead atoms. The van der Waals surface area contributed by atoms with Gasteiger partial charge in [-0.1, -0.05) is 6.07 Å². The van der Waals surface area contributed by atoms with Gasteiger partial charge >= 0.3 is 6.09 Å². The topological polar surface area (TPSA) is 49.8 Å². The highest BCUT2D eigenvalue weighted by atomic mass is 32.1. The van der Waals surface area contributed by atoms with Crippen molar-refractivity contribution >= 4 is 17.4 Å². The van der Waals surface area contributed by atoms with Crippen LogP contribution in [0.3, 0.4) is 0 Å². The van der Waals surface area contributed by atoms with Crippen molar-refractivity contribution in [3.63, 3.8) is 0 Å². The van der Waals surface area contributed by atoms with Crippen LogP contribution in [0.1, 0.15) is 11.0 Å². The first-order valence-electron chi connectivity index (χ1n) is 4.15. The number of likely N-dealkylation sites (N-methyl/N-ethyl adjacent to an activating group) is 1. The summed E-state index contributed by atoms with van der Waals surface area (Å²) in [5.41, 5.74) is 0. The molecule has 0 aliphatic carbocycles. The van der Waals surface area contributed by atoms with E-state index in [4.69, 9.17) is 0 Å². The number of rotatable bonds is 3. The number of carbonyl (C=O) groups is 1. The molecule has 1 atom stereocenters. The highest BCUT2D eigenvalue weighted by Gasteiger charge is 2.15. The van der Waals surface area contributed by atoms with Gasteiger partial charge in [0.15, 0.2) is 0 Å². The van der Waals surface area contributed by atoms with Crippen LogP contribution in [0.25, 0.3) is 0 Å². The van der Waals surface area contributed by atoms with Crippen LogP contribution in [0.15, 0.2) is 17.5 Å². The van der Waals surface area contributed by atoms with Crippen LogP contribution in [-0.2, 0) is 4.74 Å². The molecule has 0 radical (unpaired) electrons. The molecule has 1 unspecified atom stereocenters. The van der Waals surface area contributed by atoms with Crippen LogP contribution in [0, 0.1) is 0 Å². The van der Waals surface area contributed by atoms with Gasteiger partial charge in [0.25, 0.3) is 0 Å². The monoisotopic (exact) mass is 215 g/mol. The largest absolute Gasteiger partial charge is 0.453 e. The number of nitrogens with zero attached hydrogens (tertiary/aromatic N) is 1. The van der Waals surface area contributed by atoms with E-state index < -0.39 is 12.2 Å². The van der Waals surface area contributed by atoms with E-state index in [1.54, 1.807) is 7.05 Å². The molecule has 4 nitrogen and oxygen atoms in total. The lowest BCUT2D eigenvalue weighted by Crippen LogP contribution is -2.30. The van der Waals surface area contributed by atoms with Crippen LogP contribution in [0.2, 0.25) is 0 Å². The Morgan fingerprint density at radius 1 is 1.79 bits per heavy atom. The predicted molar refractivity (Wildman–Crippen MR) is 54.3 cm³/mol. The van der Waals surface area contributed by atoms with E-state index in [0.29, 0.717) is 0 Å². The first-order valence-corrected chi connectivity index (χ1v) is 5.03. The second kappa shape index (κ2) is 4.97. The smallest absolute Gasteiger partial charge is 0.409 e. The van der Waals surface area contributed by atoms with E-state index in [-0.39, 0.29) is 6.54 Å². The average molecular weight is 215 g/mol. The molecule has 1 rings (SSSR count). The van der Waals surface area contributed by atoms with Crippen molar-refractivity contribution in [1.29, 1.82) is 0 Å². The molecular weight excluding hydrogens is 202 g/mol. The van der Waals surface area contributed by atoms with Gasteiger partial charge in [0.05, 0.1) is 13.7 Å². The number of carbonyl (C=O) groups excluding carboxylic acids is 1. The van der Waals surface area contributed by atoms with Gasteiger partial charge in [-0.3, -0.25) is 0 Å². The maximum atomic E-state index is 11.0. The van der Waals surface area contributed by atoms with Gasteiger partial charge in [-0.15, -0.1) is 11.3 Å². The number of methoxy groups -OCH3 is 1. The Morgan fingerprint density at radius 3 is 3.00 bits per heavy atom. The summed E-state index contributed by atoms with van der Waals surface area (Å²) in [5, 5.41) is 11.6. The number of ether oxygens (including phenoxy) is 1. The fourth-order valence-corrected chi connectivity index (χ4v) is 1.76. The predicted octanol–water partition coefficient (Wildman–Crippen LogP) is 1.48. The van der Waals surface area contributed by atoms with Crippen LogP contribution < -0.4 is 0 Å². The molecular formula is C9H13NO3S. The first kappa shape index (κ1) is 11.0. The molecule has 78 valence electrons. The van der Waals surface area contributed by atoms with E-state index in [1.807, 2.05) is 17.5 Å². The van der Waals surface area contributed by atoms with Gasteiger partial charge in [0, 0.05) is 11.9 Å². The van der Waals surface area contributed by atoms with E-state index in [0.717, 1.165) is 4.88 Å². The quantitative estimate of drug-likeness (QED) is 0.830. The van der Waals surface area contributed by atoms with Crippen LogP contribution >= 0.6 is 11.3 Å². The first-order chi connectivity index (χ1) is 6.65. The van der Waals surface area contributed by atoms with Gasteiger partial charge in [-0.2, -0.15) is 0 Å². The molecule has 1 amide bonds. The number of hydrogen-bond donors (Lipinski definition) is 1. The summed E-state index contributed by atoms with van der Waals surface area (Å²) in [4.78, 5) is 13.2. The third-order valence-corrected chi connectivity index (χ3v) is 2.78. The van der Waals surface area contributed by atoms with E-state index in [1.165, 1.54) is 23.3 Å². The van der Waals surface area contributed by atoms with Crippen molar-refractivity contribution < 1.29 is 14.6 Å². The van der Waals surface area contributed by atoms with Gasteiger partial charge in [0.1, 0.15) is 6.10 Å². The molecule has 0 spiro atoms. The Morgan fingerprint density at radius 2 is 2.50 bits per heavy atom. The molecule has 0 saturated heterocycles. The average Bonchev–Trinajstić information content (AvgIpc) is 2.69. The Labute approximate surface area is 86.7 Å². The van der Waals surface area contributed by atoms with Gasteiger partial charge in [0.2, 0.25) is 0 Å². The minimum absolute atomic E-state index is 0.243. The standard InChI is InChI=1S/C9H13NO3S/c1-10(9(12)13-2)6-7(11)8-4-3-5-14-8/h3-5,7,11H,6H2,1-2H3. The van der Waals surface area contributed by atoms with Crippen molar-refractivity contribution in [2.45, 2.75) is 6.10 Å². The molecule has 0 fully saturated rings. The van der Waals surface area contributed by atoms with Crippen LogP contribution in [0.5, 0.6) is 0 Å². The van der Waals surface area contributed by atoms with E-state index in [2.05, 4.69) is 4.74 Å². The number of hydrogen-bond acceptors (Lipinski definition) is 4. The van der Waals surface area contributed by atoms with E-state index >= 15 is 0 Å². The summed E-state index contributed by atoms with van der Waals surface area (Å²) >= 11 is 1.46. The zero-order valence-electron chi connectivity index (χ0n) is 8.14. The van der Waals surface area contributed by atoms with Crippen molar-refractivity contribution in [3.05, 3.63) is 22.4 Å². The molecule has 5 heteroatoms. The summed E-state index contributed by atoms with van der Waals surface area (Å²) in [6.07, 6.45) is -1.08. The second-order valence-electron chi connectivity index (χ2n) is 2.88. The highest BCUT2D eigenvalue weighted by molar-refractivity contribution is 7.10. The lowest BCUT2D eigenvalue weighted by Gasteiger charge is -2.18. The highest BCUT2D eigenvalue weighted by Crippen LogP contribution is 2.19. The molecule has 0 saturated carbocycles. The van der Waals surface area contributed by atoms with Crippen molar-refractivity contribution in [1.82, 2.24) is 4.90 Å². The Balaban J connectivity index is 2.49. The fraction of sp³-hybridized carbons (Fsp3) is 0.444. The maximum absolute atomic E-state index is 11.0. The summed E-state index contributed by atoms with van der Waals surface area (Å²) in [7, 11) is 2.90. The lowest BCUT2D eigenvalue weighted by molar-refractivity contribution is 0.0978. The Kier molecular flexibility index (Phi) is 3.91. The summed E-state index contributed by atoms with van der Waals surface area (Å²) in [6.45, 7) is 0.243. The molecule has 1 aromatic rings. The minimum Gasteiger partial charge on any atom is -0.453 e. The third kappa shape index (κ3) is 2.71. The molecule has 14 heavy (non-hydrogen) atoms. The number of aliphatic hydroxyl groups excluding tert-OH is 1. The molecule has 1 heterocycles. The third-order valence-electron chi connectivity index (χ3n) is 1.80. The molecule has 0 aliphatic rings. The van der Waals surface area contributed by atoms with E-state index in [9.17, 15) is 9.90 Å². The zero-order chi connectivity index (χ0) is 10.6. The van der Waals surface area contributed by atoms with Crippen molar-refractivity contribution in [2.75, 3.05) is 20.7 Å². The van der Waals surface area contributed by atoms with Crippen molar-refractivity contribution in [3.8, 4) is 0 Å². The zero-order valence-corrected chi connectivity index (χ0v) is 8.95. The molecule has 0 aromatic carbocycles. The Hall–Kier alpha value is -1.07. The fourth-order valence-electron chi connectivity index (χ4n) is 1.06. The number of amides is 1. The van der Waals surface area contributed by atoms with Gasteiger partial charge in [-0.05, 0) is 11.4 Å². The van der Waals surface area contributed by atoms with Gasteiger partial charge in [-0.25, -0.2) is 4.79 Å². The maximum Gasteiger partial charge on any atom is 0.409 e. The Bertz CT molecular complexity index is 286. The number of thiophene rings is 1. The minimum atomic E-state index is -0.640. The number of aliphatic hydroxyl groups is 1. The molecule has 1 N–H and O–H groups in total.